The van der Waals surface area contributed by atoms with Gasteiger partial charge in [0.15, 0.2) is 11.5 Å². The van der Waals surface area contributed by atoms with Gasteiger partial charge < -0.3 is 0 Å². The molecule has 0 saturated carbocycles. The topological polar surface area (TPSA) is 92.4 Å². The van der Waals surface area contributed by atoms with Gasteiger partial charge in [0.1, 0.15) is 4.90 Å². The summed E-state index contributed by atoms with van der Waals surface area (Å²) in [7, 11) is -3.58. The second-order valence-electron chi connectivity index (χ2n) is 7.33. The van der Waals surface area contributed by atoms with Crippen LogP contribution in [0.1, 0.15) is 24.1 Å². The Balaban J connectivity index is 1.74. The highest BCUT2D eigenvalue weighted by Gasteiger charge is 2.29. The number of nitrogens with one attached hydrogen (secondary N) is 1. The van der Waals surface area contributed by atoms with E-state index in [0.717, 1.165) is 12.8 Å². The van der Waals surface area contributed by atoms with Gasteiger partial charge in [-0.2, -0.15) is 4.31 Å². The van der Waals surface area contributed by atoms with Gasteiger partial charge in [-0.1, -0.05) is 24.3 Å². The Morgan fingerprint density at radius 1 is 1.13 bits per heavy atom. The van der Waals surface area contributed by atoms with Crippen molar-refractivity contribution in [2.45, 2.75) is 31.6 Å². The number of hydrogen-bond acceptors (Lipinski definition) is 4. The number of benzene rings is 1. The number of sulfonamides is 1. The van der Waals surface area contributed by atoms with E-state index < -0.39 is 10.0 Å². The van der Waals surface area contributed by atoms with Crippen LogP contribution in [0.5, 0.6) is 0 Å². The largest absolute Gasteiger partial charge is 0.293 e. The summed E-state index contributed by atoms with van der Waals surface area (Å²) in [6.45, 7) is 11.6. The summed E-state index contributed by atoms with van der Waals surface area (Å²) in [6, 6.07) is 8.41. The van der Waals surface area contributed by atoms with Crippen LogP contribution >= 0.6 is 0 Å². The lowest BCUT2D eigenvalue weighted by Crippen LogP contribution is -2.28. The summed E-state index contributed by atoms with van der Waals surface area (Å²) in [6.07, 6.45) is 3.05. The Morgan fingerprint density at radius 2 is 1.80 bits per heavy atom. The first-order valence-corrected chi connectivity index (χ1v) is 11.0. The van der Waals surface area contributed by atoms with Crippen LogP contribution in [-0.4, -0.2) is 40.6 Å². The van der Waals surface area contributed by atoms with Crippen molar-refractivity contribution in [2.75, 3.05) is 13.1 Å². The van der Waals surface area contributed by atoms with Crippen molar-refractivity contribution in [1.82, 2.24) is 19.1 Å². The van der Waals surface area contributed by atoms with Gasteiger partial charge in [-0.3, -0.25) is 9.89 Å². The highest BCUT2D eigenvalue weighted by Crippen LogP contribution is 2.25. The minimum atomic E-state index is -3.58. The van der Waals surface area contributed by atoms with E-state index in [0.29, 0.717) is 47.0 Å². The van der Waals surface area contributed by atoms with Crippen molar-refractivity contribution < 1.29 is 8.42 Å². The van der Waals surface area contributed by atoms with Gasteiger partial charge in [-0.25, -0.2) is 22.9 Å². The molecule has 3 aromatic rings. The molecule has 4 rings (SSSR count). The van der Waals surface area contributed by atoms with Gasteiger partial charge in [-0.15, -0.1) is 0 Å². The molecule has 3 heterocycles. The van der Waals surface area contributed by atoms with E-state index in [2.05, 4.69) is 14.9 Å². The first-order valence-electron chi connectivity index (χ1n) is 9.59. The third-order valence-electron chi connectivity index (χ3n) is 5.32. The normalized spacial score (nSPS) is 14.7. The van der Waals surface area contributed by atoms with Crippen molar-refractivity contribution in [2.24, 2.45) is 0 Å². The van der Waals surface area contributed by atoms with Gasteiger partial charge in [0.25, 0.3) is 5.56 Å². The van der Waals surface area contributed by atoms with Crippen LogP contribution in [0.15, 0.2) is 46.2 Å². The van der Waals surface area contributed by atoms with Gasteiger partial charge in [0.05, 0.1) is 12.1 Å². The lowest BCUT2D eigenvalue weighted by molar-refractivity contribution is 0.476. The fourth-order valence-electron chi connectivity index (χ4n) is 3.74. The monoisotopic (exact) mass is 423 g/mol. The zero-order valence-electron chi connectivity index (χ0n) is 16.7. The molecule has 0 spiro atoms. The van der Waals surface area contributed by atoms with Crippen molar-refractivity contribution in [3.63, 3.8) is 0 Å². The molecule has 0 aliphatic carbocycles. The van der Waals surface area contributed by atoms with Gasteiger partial charge in [0, 0.05) is 25.0 Å². The average Bonchev–Trinajstić information content (AvgIpc) is 3.37. The van der Waals surface area contributed by atoms with Crippen molar-refractivity contribution >= 4 is 15.7 Å². The molecular formula is C21H21N5O3S. The van der Waals surface area contributed by atoms with Gasteiger partial charge in [-0.05, 0) is 43.9 Å². The minimum Gasteiger partial charge on any atom is -0.293 e. The van der Waals surface area contributed by atoms with Crippen molar-refractivity contribution in [3.8, 4) is 16.9 Å². The lowest BCUT2D eigenvalue weighted by atomic mass is 10.1. The number of hydrogen-bond donors (Lipinski definition) is 1. The predicted octanol–water partition coefficient (Wildman–Crippen LogP) is 3.18. The number of rotatable bonds is 4. The first kappa shape index (κ1) is 20.1. The van der Waals surface area contributed by atoms with Crippen LogP contribution in [0.2, 0.25) is 0 Å². The molecule has 0 radical (unpaired) electrons. The number of nitrogens with zero attached hydrogens (tertiary/aromatic N) is 4. The summed E-state index contributed by atoms with van der Waals surface area (Å²) in [5, 5.41) is 3.02. The second kappa shape index (κ2) is 7.55. The third kappa shape index (κ3) is 3.34. The summed E-state index contributed by atoms with van der Waals surface area (Å²) in [4.78, 5) is 20.9. The standard InChI is InChI=1S/C21H21N5O3S/c1-14-12-19(23-13-18(14)30(28,29)25-10-4-5-11-25)26-21(27)20(15(2)24-26)16-6-8-17(22-3)9-7-16/h6-9,12-13,24H,4-5,10-11H2,1-2H3. The molecule has 1 saturated heterocycles. The fourth-order valence-corrected chi connectivity index (χ4v) is 5.41. The molecule has 1 fully saturated rings. The first-order chi connectivity index (χ1) is 14.3. The molecule has 0 atom stereocenters. The maximum Gasteiger partial charge on any atom is 0.280 e. The van der Waals surface area contributed by atoms with Crippen molar-refractivity contribution in [1.29, 1.82) is 0 Å². The second-order valence-corrected chi connectivity index (χ2v) is 9.24. The van der Waals surface area contributed by atoms with E-state index in [9.17, 15) is 13.2 Å². The maximum absolute atomic E-state index is 13.1. The fraction of sp³-hybridized carbons (Fsp3) is 0.286. The summed E-state index contributed by atoms with van der Waals surface area (Å²) in [5.41, 5.74) is 2.59. The molecule has 30 heavy (non-hydrogen) atoms. The van der Waals surface area contributed by atoms with Crippen LogP contribution in [0.3, 0.4) is 0 Å². The molecule has 1 aromatic carbocycles. The van der Waals surface area contributed by atoms with E-state index >= 15 is 0 Å². The Hall–Kier alpha value is -3.22. The van der Waals surface area contributed by atoms with E-state index in [1.807, 2.05) is 0 Å². The number of aromatic nitrogens is 3. The molecule has 0 unspecified atom stereocenters. The molecule has 0 bridgehead atoms. The summed E-state index contributed by atoms with van der Waals surface area (Å²) >= 11 is 0. The lowest BCUT2D eigenvalue weighted by Gasteiger charge is -2.17. The molecule has 1 aliphatic heterocycles. The number of aromatic amines is 1. The van der Waals surface area contributed by atoms with Crippen LogP contribution in [0, 0.1) is 20.4 Å². The molecule has 8 nitrogen and oxygen atoms in total. The smallest absolute Gasteiger partial charge is 0.280 e. The molecule has 2 aromatic heterocycles. The van der Waals surface area contributed by atoms with Crippen LogP contribution in [0.4, 0.5) is 5.69 Å². The Bertz CT molecular complexity index is 1310. The third-order valence-corrected chi connectivity index (χ3v) is 7.35. The van der Waals surface area contributed by atoms with Crippen LogP contribution < -0.4 is 5.56 Å². The zero-order chi connectivity index (χ0) is 21.5. The van der Waals surface area contributed by atoms with E-state index in [4.69, 9.17) is 6.57 Å². The number of H-pyrrole nitrogens is 1. The summed E-state index contributed by atoms with van der Waals surface area (Å²) < 4.78 is 28.5. The quantitative estimate of drug-likeness (QED) is 0.653. The number of pyridine rings is 1. The minimum absolute atomic E-state index is 0.166. The number of aryl methyl sites for hydroxylation is 2. The molecular weight excluding hydrogens is 402 g/mol. The van der Waals surface area contributed by atoms with Crippen LogP contribution in [0.25, 0.3) is 21.8 Å². The summed E-state index contributed by atoms with van der Waals surface area (Å²) in [5.74, 6) is 0.324. The molecule has 154 valence electrons. The Morgan fingerprint density at radius 3 is 2.40 bits per heavy atom. The SMILES string of the molecule is [C-]#[N+]c1ccc(-c2c(C)[nH]n(-c3cc(C)c(S(=O)(=O)N4CCCC4)cn3)c2=O)cc1. The Kier molecular flexibility index (Phi) is 5.05. The Labute approximate surface area is 174 Å². The van der Waals surface area contributed by atoms with E-state index in [1.54, 1.807) is 44.2 Å². The van der Waals surface area contributed by atoms with Gasteiger partial charge in [0.2, 0.25) is 10.0 Å². The van der Waals surface area contributed by atoms with E-state index in [1.165, 1.54) is 15.2 Å². The maximum atomic E-state index is 13.1. The molecule has 1 aliphatic rings. The van der Waals surface area contributed by atoms with Gasteiger partial charge >= 0.3 is 0 Å². The van der Waals surface area contributed by atoms with Crippen molar-refractivity contribution in [3.05, 3.63) is 69.6 Å². The molecule has 1 N–H and O–H groups in total. The van der Waals surface area contributed by atoms with E-state index in [-0.39, 0.29) is 10.5 Å². The molecule has 0 amide bonds. The average molecular weight is 423 g/mol. The predicted molar refractivity (Wildman–Crippen MR) is 113 cm³/mol. The molecule has 9 heteroatoms. The zero-order valence-corrected chi connectivity index (χ0v) is 17.5. The van der Waals surface area contributed by atoms with Crippen LogP contribution in [-0.2, 0) is 10.0 Å². The highest BCUT2D eigenvalue weighted by molar-refractivity contribution is 7.89. The highest BCUT2D eigenvalue weighted by atomic mass is 32.2.